The minimum Gasteiger partial charge on any atom is -0.352 e. The first kappa shape index (κ1) is 20.4. The van der Waals surface area contributed by atoms with Crippen molar-refractivity contribution >= 4 is 29.3 Å². The van der Waals surface area contributed by atoms with E-state index in [0.29, 0.717) is 0 Å². The number of pyridine rings is 2. The standard InChI is InChI=1S/C27H29N5/c1-18(22-14-21(16-28-17-22)13-20-7-4-3-5-8-20)10-11-23-19(2)27(32-31-23)26-15-25-24(30-26)9-6-12-29-25/h6,9-12,14-17,20,30-31H,2-5,7-8,13H2,1H3/b18-10+,23-11+. The average molecular weight is 424 g/mol. The summed E-state index contributed by atoms with van der Waals surface area (Å²) in [5.41, 5.74) is 7.33. The Labute approximate surface area is 188 Å². The molecule has 0 bridgehead atoms. The maximum Gasteiger partial charge on any atom is 0.116 e. The first-order chi connectivity index (χ1) is 15.7. The van der Waals surface area contributed by atoms with Gasteiger partial charge in [0.1, 0.15) is 5.69 Å². The summed E-state index contributed by atoms with van der Waals surface area (Å²) in [7, 11) is 0. The minimum absolute atomic E-state index is 0.814. The van der Waals surface area contributed by atoms with E-state index in [9.17, 15) is 0 Å². The molecule has 1 fully saturated rings. The zero-order valence-corrected chi connectivity index (χ0v) is 18.6. The van der Waals surface area contributed by atoms with E-state index < -0.39 is 0 Å². The third-order valence-corrected chi connectivity index (χ3v) is 6.54. The van der Waals surface area contributed by atoms with Gasteiger partial charge in [-0.1, -0.05) is 44.8 Å². The lowest BCUT2D eigenvalue weighted by Crippen LogP contribution is -2.21. The van der Waals surface area contributed by atoms with E-state index >= 15 is 0 Å². The number of hydrogen-bond acceptors (Lipinski definition) is 3. The average Bonchev–Trinajstić information content (AvgIpc) is 3.41. The molecule has 0 amide bonds. The zero-order valence-electron chi connectivity index (χ0n) is 18.6. The van der Waals surface area contributed by atoms with E-state index in [1.807, 2.05) is 36.7 Å². The van der Waals surface area contributed by atoms with Gasteiger partial charge in [-0.3, -0.25) is 15.1 Å². The van der Waals surface area contributed by atoms with Crippen LogP contribution in [0.2, 0.25) is 0 Å². The summed E-state index contributed by atoms with van der Waals surface area (Å²) in [6, 6.07) is 8.23. The number of nitrogens with zero attached hydrogens (tertiary/aromatic N) is 3. The molecule has 4 aromatic rings. The van der Waals surface area contributed by atoms with Gasteiger partial charge in [0.25, 0.3) is 0 Å². The molecule has 4 aromatic heterocycles. The molecule has 0 radical (unpaired) electrons. The van der Waals surface area contributed by atoms with Gasteiger partial charge in [-0.05, 0) is 66.3 Å². The number of nitrogens with one attached hydrogen (secondary N) is 2. The lowest BCUT2D eigenvalue weighted by molar-refractivity contribution is 0.356. The molecule has 5 nitrogen and oxygen atoms in total. The maximum atomic E-state index is 4.51. The van der Waals surface area contributed by atoms with Crippen LogP contribution in [0.4, 0.5) is 0 Å². The molecule has 32 heavy (non-hydrogen) atoms. The first-order valence-electron chi connectivity index (χ1n) is 11.5. The highest BCUT2D eigenvalue weighted by Gasteiger charge is 2.14. The van der Waals surface area contributed by atoms with Crippen LogP contribution in [0, 0.1) is 5.92 Å². The predicted molar refractivity (Wildman–Crippen MR) is 131 cm³/mol. The van der Waals surface area contributed by atoms with Gasteiger partial charge in [-0.2, -0.15) is 5.10 Å². The highest BCUT2D eigenvalue weighted by atomic mass is 15.1. The third-order valence-electron chi connectivity index (χ3n) is 6.54. The fourth-order valence-corrected chi connectivity index (χ4v) is 4.67. The van der Waals surface area contributed by atoms with E-state index in [1.54, 1.807) is 6.20 Å². The quantitative estimate of drug-likeness (QED) is 0.486. The van der Waals surface area contributed by atoms with Gasteiger partial charge in [0.2, 0.25) is 0 Å². The number of H-pyrrole nitrogens is 2. The van der Waals surface area contributed by atoms with E-state index in [-0.39, 0.29) is 0 Å². The van der Waals surface area contributed by atoms with Gasteiger partial charge in [0.15, 0.2) is 0 Å². The summed E-state index contributed by atoms with van der Waals surface area (Å²) in [4.78, 5) is 12.3. The van der Waals surface area contributed by atoms with Crippen molar-refractivity contribution in [3.05, 3.63) is 70.6 Å². The Hall–Kier alpha value is -3.47. The Morgan fingerprint density at radius 1 is 1.19 bits per heavy atom. The molecule has 0 spiro atoms. The molecule has 162 valence electrons. The number of hydrogen-bond donors (Lipinski definition) is 2. The van der Waals surface area contributed by atoms with Crippen molar-refractivity contribution in [1.82, 2.24) is 25.1 Å². The van der Waals surface area contributed by atoms with Gasteiger partial charge >= 0.3 is 0 Å². The van der Waals surface area contributed by atoms with Gasteiger partial charge < -0.3 is 4.98 Å². The fourth-order valence-electron chi connectivity index (χ4n) is 4.67. The minimum atomic E-state index is 0.814. The molecule has 2 N–H and O–H groups in total. The first-order valence-corrected chi connectivity index (χ1v) is 11.5. The molecule has 0 unspecified atom stereocenters. The van der Waals surface area contributed by atoms with Gasteiger partial charge in [-0.25, -0.2) is 0 Å². The summed E-state index contributed by atoms with van der Waals surface area (Å²) < 4.78 is 0. The second kappa shape index (κ2) is 8.95. The monoisotopic (exact) mass is 423 g/mol. The van der Waals surface area contributed by atoms with Crippen LogP contribution in [0.1, 0.15) is 50.2 Å². The number of rotatable bonds is 5. The SMILES string of the molecule is C=c1c(-c2cc3ncccc3[nH]2)n[nH]/c1=C/C=C(\C)c1cncc(CC2CCCCC2)c1. The second-order valence-electron chi connectivity index (χ2n) is 8.89. The van der Waals surface area contributed by atoms with Crippen molar-refractivity contribution < 1.29 is 0 Å². The fraction of sp³-hybridized carbons (Fsp3) is 0.296. The van der Waals surface area contributed by atoms with Crippen LogP contribution in [0.3, 0.4) is 0 Å². The third kappa shape index (κ3) is 4.28. The molecule has 0 aromatic carbocycles. The molecule has 1 aliphatic rings. The molecule has 5 rings (SSSR count). The van der Waals surface area contributed by atoms with Crippen LogP contribution in [0.25, 0.3) is 40.6 Å². The number of aromatic nitrogens is 5. The van der Waals surface area contributed by atoms with Crippen molar-refractivity contribution in [3.63, 3.8) is 0 Å². The molecule has 1 aliphatic carbocycles. The van der Waals surface area contributed by atoms with Crippen LogP contribution in [-0.4, -0.2) is 25.1 Å². The second-order valence-corrected chi connectivity index (χ2v) is 8.89. The Morgan fingerprint density at radius 2 is 2.06 bits per heavy atom. The largest absolute Gasteiger partial charge is 0.352 e. The van der Waals surface area contributed by atoms with Crippen LogP contribution in [-0.2, 0) is 6.42 Å². The molecule has 4 heterocycles. The molecule has 5 heteroatoms. The Bertz CT molecular complexity index is 1340. The van der Waals surface area contributed by atoms with Gasteiger partial charge in [0, 0.05) is 23.8 Å². The van der Waals surface area contributed by atoms with Crippen LogP contribution in [0.15, 0.2) is 48.9 Å². The van der Waals surface area contributed by atoms with Crippen LogP contribution >= 0.6 is 0 Å². The normalized spacial score (nSPS) is 16.2. The van der Waals surface area contributed by atoms with Gasteiger partial charge in [0.05, 0.1) is 22.1 Å². The molecule has 0 atom stereocenters. The smallest absolute Gasteiger partial charge is 0.116 e. The predicted octanol–water partition coefficient (Wildman–Crippen LogP) is 4.77. The number of aromatic amines is 2. The van der Waals surface area contributed by atoms with E-state index in [0.717, 1.165) is 45.3 Å². The lowest BCUT2D eigenvalue weighted by Gasteiger charge is -2.21. The number of allylic oxidation sites excluding steroid dienone is 2. The summed E-state index contributed by atoms with van der Waals surface area (Å²) in [6.45, 7) is 6.38. The Morgan fingerprint density at radius 3 is 2.91 bits per heavy atom. The van der Waals surface area contributed by atoms with Gasteiger partial charge in [-0.15, -0.1) is 0 Å². The lowest BCUT2D eigenvalue weighted by atomic mass is 9.85. The van der Waals surface area contributed by atoms with E-state index in [4.69, 9.17) is 0 Å². The Balaban J connectivity index is 1.38. The topological polar surface area (TPSA) is 70.2 Å². The Kier molecular flexibility index (Phi) is 5.71. The summed E-state index contributed by atoms with van der Waals surface area (Å²) in [5, 5.41) is 9.38. The zero-order chi connectivity index (χ0) is 21.9. The van der Waals surface area contributed by atoms with E-state index in [2.05, 4.69) is 50.8 Å². The summed E-state index contributed by atoms with van der Waals surface area (Å²) in [5.74, 6) is 0.814. The molecule has 0 aliphatic heterocycles. The molecular formula is C27H29N5. The van der Waals surface area contributed by atoms with Crippen molar-refractivity contribution in [2.75, 3.05) is 0 Å². The van der Waals surface area contributed by atoms with Crippen molar-refractivity contribution in [1.29, 1.82) is 0 Å². The van der Waals surface area contributed by atoms with E-state index in [1.165, 1.54) is 48.8 Å². The summed E-state index contributed by atoms with van der Waals surface area (Å²) in [6.07, 6.45) is 17.9. The summed E-state index contributed by atoms with van der Waals surface area (Å²) >= 11 is 0. The van der Waals surface area contributed by atoms with Crippen LogP contribution in [0.5, 0.6) is 0 Å². The highest BCUT2D eigenvalue weighted by molar-refractivity contribution is 5.81. The molecule has 1 saturated carbocycles. The van der Waals surface area contributed by atoms with Crippen molar-refractivity contribution in [3.8, 4) is 11.4 Å². The maximum absolute atomic E-state index is 4.51. The molecule has 0 saturated heterocycles. The highest BCUT2D eigenvalue weighted by Crippen LogP contribution is 2.27. The van der Waals surface area contributed by atoms with Crippen LogP contribution < -0.4 is 10.6 Å². The van der Waals surface area contributed by atoms with Crippen molar-refractivity contribution in [2.24, 2.45) is 5.92 Å². The van der Waals surface area contributed by atoms with Crippen molar-refractivity contribution in [2.45, 2.75) is 45.4 Å². The molecular weight excluding hydrogens is 394 g/mol. The number of fused-ring (bicyclic) bond motifs is 1.